The van der Waals surface area contributed by atoms with Gasteiger partial charge in [-0.15, -0.1) is 0 Å². The molecule has 0 aliphatic heterocycles. The van der Waals surface area contributed by atoms with Crippen molar-refractivity contribution in [2.45, 2.75) is 5.03 Å². The predicted octanol–water partition coefficient (Wildman–Crippen LogP) is 3.13. The number of anilines is 2. The summed E-state index contributed by atoms with van der Waals surface area (Å²) in [5.41, 5.74) is 0.883. The Hall–Kier alpha value is -2.84. The van der Waals surface area contributed by atoms with Crippen LogP contribution < -0.4 is 10.0 Å². The Morgan fingerprint density at radius 3 is 2.46 bits per heavy atom. The Morgan fingerprint density at radius 2 is 1.81 bits per heavy atom. The van der Waals surface area contributed by atoms with Gasteiger partial charge >= 0.3 is 0 Å². The highest BCUT2D eigenvalue weighted by molar-refractivity contribution is 7.92. The zero-order chi connectivity index (χ0) is 18.7. The van der Waals surface area contributed by atoms with Gasteiger partial charge in [0.15, 0.2) is 5.03 Å². The van der Waals surface area contributed by atoms with E-state index < -0.39 is 15.9 Å². The fraction of sp³-hybridized carbons (Fsp3) is 0.0588. The molecule has 0 bridgehead atoms. The minimum Gasteiger partial charge on any atom is -0.339 e. The predicted molar refractivity (Wildman–Crippen MR) is 99.9 cm³/mol. The van der Waals surface area contributed by atoms with Crippen molar-refractivity contribution in [3.63, 3.8) is 0 Å². The van der Waals surface area contributed by atoms with Gasteiger partial charge in [-0.1, -0.05) is 23.7 Å². The summed E-state index contributed by atoms with van der Waals surface area (Å²) in [5.74, 6) is -0.452. The molecule has 1 heterocycles. The molecule has 0 aliphatic carbocycles. The molecule has 0 atom stereocenters. The first kappa shape index (κ1) is 18.0. The van der Waals surface area contributed by atoms with Crippen LogP contribution in [0.5, 0.6) is 0 Å². The van der Waals surface area contributed by atoms with Gasteiger partial charge in [0.25, 0.3) is 15.9 Å². The topological polar surface area (TPSA) is 93.1 Å². The van der Waals surface area contributed by atoms with E-state index in [0.717, 1.165) is 0 Å². The van der Waals surface area contributed by atoms with Crippen molar-refractivity contribution >= 4 is 38.9 Å². The quantitative estimate of drug-likeness (QED) is 0.699. The van der Waals surface area contributed by atoms with E-state index in [1.807, 2.05) is 0 Å². The molecule has 3 aromatic rings. The molecule has 7 nitrogen and oxygen atoms in total. The van der Waals surface area contributed by atoms with Crippen LogP contribution >= 0.6 is 11.6 Å². The molecule has 1 aromatic heterocycles. The molecule has 0 spiro atoms. The first-order valence-corrected chi connectivity index (χ1v) is 9.38. The lowest BCUT2D eigenvalue weighted by atomic mass is 10.1. The summed E-state index contributed by atoms with van der Waals surface area (Å²) < 4.78 is 28.8. The van der Waals surface area contributed by atoms with Crippen LogP contribution in [-0.2, 0) is 17.1 Å². The molecule has 9 heteroatoms. The molecule has 0 radical (unpaired) electrons. The second-order valence-electron chi connectivity index (χ2n) is 5.49. The Kier molecular flexibility index (Phi) is 4.97. The smallest absolute Gasteiger partial charge is 0.280 e. The van der Waals surface area contributed by atoms with Gasteiger partial charge in [0.2, 0.25) is 0 Å². The number of aromatic nitrogens is 2. The number of carbonyl (C=O) groups excluding carboxylic acids is 1. The first-order chi connectivity index (χ1) is 12.3. The van der Waals surface area contributed by atoms with Crippen LogP contribution in [0.25, 0.3) is 0 Å². The van der Waals surface area contributed by atoms with Crippen LogP contribution in [-0.4, -0.2) is 23.9 Å². The summed E-state index contributed by atoms with van der Waals surface area (Å²) in [4.78, 5) is 16.4. The van der Waals surface area contributed by atoms with Crippen molar-refractivity contribution in [3.8, 4) is 0 Å². The van der Waals surface area contributed by atoms with Crippen LogP contribution in [0.2, 0.25) is 5.02 Å². The number of benzene rings is 2. The molecule has 26 heavy (non-hydrogen) atoms. The van der Waals surface area contributed by atoms with Gasteiger partial charge < -0.3 is 9.88 Å². The number of rotatable bonds is 5. The standard InChI is InChI=1S/C17H15ClN4O3S/c1-22-10-16(19-11-22)26(24,25)21-15-5-3-2-4-14(15)17(23)20-13-8-6-12(18)7-9-13/h2-11,21H,1H3,(H,20,23). The third-order valence-electron chi connectivity index (χ3n) is 3.47. The molecule has 2 aromatic carbocycles. The second-order valence-corrected chi connectivity index (χ2v) is 7.56. The number of imidazole rings is 1. The van der Waals surface area contributed by atoms with E-state index in [1.54, 1.807) is 43.4 Å². The van der Waals surface area contributed by atoms with Crippen molar-refractivity contribution in [1.29, 1.82) is 0 Å². The molecule has 0 fully saturated rings. The molecule has 2 N–H and O–H groups in total. The number of aryl methyl sites for hydroxylation is 1. The summed E-state index contributed by atoms with van der Waals surface area (Å²) in [6.45, 7) is 0. The van der Waals surface area contributed by atoms with E-state index in [9.17, 15) is 13.2 Å². The van der Waals surface area contributed by atoms with Gasteiger partial charge in [0, 0.05) is 24.0 Å². The number of hydrogen-bond acceptors (Lipinski definition) is 4. The van der Waals surface area contributed by atoms with Crippen molar-refractivity contribution in [3.05, 3.63) is 71.6 Å². The molecule has 0 aliphatic rings. The Balaban J connectivity index is 1.86. The molecule has 0 saturated carbocycles. The van der Waals surface area contributed by atoms with E-state index in [4.69, 9.17) is 11.6 Å². The molecule has 1 amide bonds. The lowest BCUT2D eigenvalue weighted by Gasteiger charge is -2.12. The van der Waals surface area contributed by atoms with Crippen LogP contribution in [0, 0.1) is 0 Å². The van der Waals surface area contributed by atoms with Gasteiger partial charge in [-0.25, -0.2) is 4.98 Å². The number of halogens is 1. The fourth-order valence-corrected chi connectivity index (χ4v) is 3.42. The van der Waals surface area contributed by atoms with Crippen LogP contribution in [0.3, 0.4) is 0 Å². The van der Waals surface area contributed by atoms with Crippen molar-refractivity contribution in [2.75, 3.05) is 10.0 Å². The van der Waals surface area contributed by atoms with Crippen molar-refractivity contribution in [2.24, 2.45) is 7.05 Å². The van der Waals surface area contributed by atoms with Gasteiger partial charge in [-0.3, -0.25) is 9.52 Å². The number of nitrogens with zero attached hydrogens (tertiary/aromatic N) is 2. The molecule has 0 saturated heterocycles. The highest BCUT2D eigenvalue weighted by Gasteiger charge is 2.20. The van der Waals surface area contributed by atoms with Gasteiger partial charge in [0.1, 0.15) is 0 Å². The lowest BCUT2D eigenvalue weighted by Crippen LogP contribution is -2.18. The maximum absolute atomic E-state index is 12.5. The van der Waals surface area contributed by atoms with E-state index in [2.05, 4.69) is 15.0 Å². The number of nitrogens with one attached hydrogen (secondary N) is 2. The molecular weight excluding hydrogens is 376 g/mol. The molecule has 0 unspecified atom stereocenters. The van der Waals surface area contributed by atoms with E-state index in [0.29, 0.717) is 10.7 Å². The van der Waals surface area contributed by atoms with Crippen LogP contribution in [0.4, 0.5) is 11.4 Å². The number of para-hydroxylation sites is 1. The third kappa shape index (κ3) is 4.04. The molecule has 134 valence electrons. The number of amides is 1. The minimum atomic E-state index is -3.91. The molecular formula is C17H15ClN4O3S. The number of hydrogen-bond donors (Lipinski definition) is 2. The summed E-state index contributed by atoms with van der Waals surface area (Å²) in [5, 5.41) is 3.12. The highest BCUT2D eigenvalue weighted by Crippen LogP contribution is 2.21. The average molecular weight is 391 g/mol. The monoisotopic (exact) mass is 390 g/mol. The van der Waals surface area contributed by atoms with E-state index in [1.165, 1.54) is 29.2 Å². The zero-order valence-electron chi connectivity index (χ0n) is 13.7. The number of sulfonamides is 1. The van der Waals surface area contributed by atoms with Crippen molar-refractivity contribution < 1.29 is 13.2 Å². The summed E-state index contributed by atoms with van der Waals surface area (Å²) in [6.07, 6.45) is 2.76. The van der Waals surface area contributed by atoms with E-state index >= 15 is 0 Å². The third-order valence-corrected chi connectivity index (χ3v) is 4.98. The van der Waals surface area contributed by atoms with Gasteiger partial charge in [-0.05, 0) is 36.4 Å². The first-order valence-electron chi connectivity index (χ1n) is 7.52. The van der Waals surface area contributed by atoms with Crippen molar-refractivity contribution in [1.82, 2.24) is 9.55 Å². The van der Waals surface area contributed by atoms with Crippen LogP contribution in [0.15, 0.2) is 66.1 Å². The summed E-state index contributed by atoms with van der Waals surface area (Å²) >= 11 is 5.83. The maximum atomic E-state index is 12.5. The van der Waals surface area contributed by atoms with Gasteiger partial charge in [-0.2, -0.15) is 8.42 Å². The largest absolute Gasteiger partial charge is 0.339 e. The zero-order valence-corrected chi connectivity index (χ0v) is 15.3. The highest BCUT2D eigenvalue weighted by atomic mass is 35.5. The summed E-state index contributed by atoms with van der Waals surface area (Å²) in [7, 11) is -2.24. The Labute approximate surface area is 155 Å². The lowest BCUT2D eigenvalue weighted by molar-refractivity contribution is 0.102. The average Bonchev–Trinajstić information content (AvgIpc) is 3.04. The summed E-state index contributed by atoms with van der Waals surface area (Å²) in [6, 6.07) is 12.9. The fourth-order valence-electron chi connectivity index (χ4n) is 2.23. The second kappa shape index (κ2) is 7.19. The van der Waals surface area contributed by atoms with Gasteiger partial charge in [0.05, 0.1) is 17.6 Å². The number of carbonyl (C=O) groups is 1. The SMILES string of the molecule is Cn1cnc(S(=O)(=O)Nc2ccccc2C(=O)Nc2ccc(Cl)cc2)c1. The Morgan fingerprint density at radius 1 is 1.12 bits per heavy atom. The van der Waals surface area contributed by atoms with Crippen LogP contribution in [0.1, 0.15) is 10.4 Å². The normalized spacial score (nSPS) is 11.2. The Bertz CT molecular complexity index is 1050. The minimum absolute atomic E-state index is 0.132. The van der Waals surface area contributed by atoms with E-state index in [-0.39, 0.29) is 16.3 Å². The maximum Gasteiger partial charge on any atom is 0.280 e. The molecule has 3 rings (SSSR count).